The van der Waals surface area contributed by atoms with Crippen LogP contribution < -0.4 is 5.32 Å². The summed E-state index contributed by atoms with van der Waals surface area (Å²) in [6.45, 7) is 0. The molecule has 0 saturated carbocycles. The lowest BCUT2D eigenvalue weighted by molar-refractivity contribution is -0.139. The predicted molar refractivity (Wildman–Crippen MR) is 106 cm³/mol. The van der Waals surface area contributed by atoms with E-state index in [9.17, 15) is 14.7 Å². The predicted octanol–water partition coefficient (Wildman–Crippen LogP) is 3.65. The molecule has 0 fully saturated rings. The molecule has 0 heterocycles. The van der Waals surface area contributed by atoms with Crippen molar-refractivity contribution in [2.24, 2.45) is 0 Å². The second-order valence-electron chi connectivity index (χ2n) is 6.28. The Hall–Kier alpha value is -3.91. The van der Waals surface area contributed by atoms with Gasteiger partial charge in [0.2, 0.25) is 0 Å². The lowest BCUT2D eigenvalue weighted by Gasteiger charge is -2.15. The second kappa shape index (κ2) is 8.65. The summed E-state index contributed by atoms with van der Waals surface area (Å²) in [4.78, 5) is 24.1. The molecule has 0 radical (unpaired) electrons. The third-order valence-corrected chi connectivity index (χ3v) is 4.42. The van der Waals surface area contributed by atoms with Crippen molar-refractivity contribution in [3.63, 3.8) is 0 Å². The van der Waals surface area contributed by atoms with Gasteiger partial charge in [-0.25, -0.2) is 4.79 Å². The number of carbonyl (C=O) groups is 2. The van der Waals surface area contributed by atoms with E-state index in [0.717, 1.165) is 11.1 Å². The van der Waals surface area contributed by atoms with E-state index in [0.29, 0.717) is 16.7 Å². The van der Waals surface area contributed by atoms with Gasteiger partial charge in [0.15, 0.2) is 0 Å². The van der Waals surface area contributed by atoms with Crippen molar-refractivity contribution < 1.29 is 14.7 Å². The van der Waals surface area contributed by atoms with Crippen LogP contribution >= 0.6 is 0 Å². The number of aliphatic carboxylic acids is 1. The van der Waals surface area contributed by atoms with E-state index >= 15 is 0 Å². The van der Waals surface area contributed by atoms with E-state index in [1.54, 1.807) is 36.4 Å². The Kier molecular flexibility index (Phi) is 5.83. The number of nitriles is 1. The van der Waals surface area contributed by atoms with Crippen LogP contribution in [-0.4, -0.2) is 23.0 Å². The van der Waals surface area contributed by atoms with E-state index in [1.807, 2.05) is 48.5 Å². The van der Waals surface area contributed by atoms with Crippen LogP contribution in [0, 0.1) is 11.3 Å². The highest BCUT2D eigenvalue weighted by Gasteiger charge is 2.22. The first-order chi connectivity index (χ1) is 13.6. The second-order valence-corrected chi connectivity index (χ2v) is 6.28. The van der Waals surface area contributed by atoms with Crippen LogP contribution in [0.2, 0.25) is 0 Å². The Balaban J connectivity index is 1.74. The highest BCUT2D eigenvalue weighted by atomic mass is 16.4. The van der Waals surface area contributed by atoms with Crippen molar-refractivity contribution in [3.8, 4) is 17.2 Å². The number of carboxylic acid groups (broad SMARTS) is 1. The average molecular weight is 370 g/mol. The van der Waals surface area contributed by atoms with Crippen LogP contribution in [0.5, 0.6) is 0 Å². The summed E-state index contributed by atoms with van der Waals surface area (Å²) in [5, 5.41) is 21.2. The molecule has 2 N–H and O–H groups in total. The van der Waals surface area contributed by atoms with E-state index < -0.39 is 17.9 Å². The summed E-state index contributed by atoms with van der Waals surface area (Å²) in [6.07, 6.45) is 0.0346. The number of nitrogens with one attached hydrogen (secondary N) is 1. The van der Waals surface area contributed by atoms with Gasteiger partial charge in [-0.1, -0.05) is 60.7 Å². The van der Waals surface area contributed by atoms with Crippen molar-refractivity contribution in [1.29, 1.82) is 5.26 Å². The smallest absolute Gasteiger partial charge is 0.326 e. The molecule has 0 unspecified atom stereocenters. The first-order valence-electron chi connectivity index (χ1n) is 8.75. The van der Waals surface area contributed by atoms with Crippen molar-refractivity contribution in [3.05, 3.63) is 95.6 Å². The normalized spacial score (nSPS) is 11.2. The fourth-order valence-corrected chi connectivity index (χ4v) is 2.91. The van der Waals surface area contributed by atoms with Crippen LogP contribution in [-0.2, 0) is 11.2 Å². The number of amides is 1. The molecule has 0 bridgehead atoms. The number of nitrogens with zero attached hydrogens (tertiary/aromatic N) is 1. The third-order valence-electron chi connectivity index (χ3n) is 4.42. The van der Waals surface area contributed by atoms with Gasteiger partial charge in [-0.15, -0.1) is 0 Å². The lowest BCUT2D eigenvalue weighted by Crippen LogP contribution is -2.42. The molecule has 28 heavy (non-hydrogen) atoms. The van der Waals surface area contributed by atoms with Gasteiger partial charge < -0.3 is 10.4 Å². The van der Waals surface area contributed by atoms with Crippen LogP contribution in [0.15, 0.2) is 78.9 Å². The summed E-state index contributed by atoms with van der Waals surface area (Å²) in [6, 6.07) is 24.4. The number of rotatable bonds is 6. The van der Waals surface area contributed by atoms with E-state index in [1.165, 1.54) is 0 Å². The SMILES string of the molecule is N#Cc1ccccc1C[C@@H](NC(=O)c1ccc(-c2ccccc2)cc1)C(=O)O. The van der Waals surface area contributed by atoms with Gasteiger partial charge in [-0.05, 0) is 34.9 Å². The number of hydrogen-bond acceptors (Lipinski definition) is 3. The van der Waals surface area contributed by atoms with E-state index in [4.69, 9.17) is 5.26 Å². The minimum atomic E-state index is -1.15. The topological polar surface area (TPSA) is 90.2 Å². The van der Waals surface area contributed by atoms with Crippen LogP contribution in [0.4, 0.5) is 0 Å². The van der Waals surface area contributed by atoms with Gasteiger partial charge in [0, 0.05) is 12.0 Å². The van der Waals surface area contributed by atoms with Crippen molar-refractivity contribution in [2.75, 3.05) is 0 Å². The molecule has 0 aliphatic heterocycles. The minimum Gasteiger partial charge on any atom is -0.480 e. The highest BCUT2D eigenvalue weighted by Crippen LogP contribution is 2.19. The van der Waals surface area contributed by atoms with Crippen LogP contribution in [0.1, 0.15) is 21.5 Å². The molecule has 0 aliphatic carbocycles. The van der Waals surface area contributed by atoms with Crippen molar-refractivity contribution in [2.45, 2.75) is 12.5 Å². The summed E-state index contributed by atoms with van der Waals surface area (Å²) >= 11 is 0. The largest absolute Gasteiger partial charge is 0.480 e. The Bertz CT molecular complexity index is 1020. The maximum Gasteiger partial charge on any atom is 0.326 e. The van der Waals surface area contributed by atoms with Gasteiger partial charge in [-0.2, -0.15) is 5.26 Å². The molecule has 0 aromatic heterocycles. The van der Waals surface area contributed by atoms with Crippen LogP contribution in [0.3, 0.4) is 0 Å². The van der Waals surface area contributed by atoms with E-state index in [2.05, 4.69) is 5.32 Å². The highest BCUT2D eigenvalue weighted by molar-refractivity contribution is 5.97. The lowest BCUT2D eigenvalue weighted by atomic mass is 10.00. The first kappa shape index (κ1) is 18.9. The van der Waals surface area contributed by atoms with Gasteiger partial charge in [0.25, 0.3) is 5.91 Å². The molecular formula is C23H18N2O3. The van der Waals surface area contributed by atoms with Crippen molar-refractivity contribution in [1.82, 2.24) is 5.32 Å². The standard InChI is InChI=1S/C23H18N2O3/c24-15-20-9-5-4-8-19(20)14-21(23(27)28)25-22(26)18-12-10-17(11-13-18)16-6-2-1-3-7-16/h1-13,21H,14H2,(H,25,26)(H,27,28)/t21-/m1/s1. The van der Waals surface area contributed by atoms with Gasteiger partial charge >= 0.3 is 5.97 Å². The molecule has 5 heteroatoms. The summed E-state index contributed by atoms with van der Waals surface area (Å²) < 4.78 is 0. The van der Waals surface area contributed by atoms with Crippen molar-refractivity contribution >= 4 is 11.9 Å². The number of benzene rings is 3. The van der Waals surface area contributed by atoms with Gasteiger partial charge in [0.05, 0.1) is 11.6 Å². The molecule has 0 spiro atoms. The maximum absolute atomic E-state index is 12.5. The quantitative estimate of drug-likeness (QED) is 0.693. The zero-order valence-electron chi connectivity index (χ0n) is 15.0. The molecule has 1 atom stereocenters. The molecule has 5 nitrogen and oxygen atoms in total. The summed E-state index contributed by atoms with van der Waals surface area (Å²) in [5.41, 5.74) is 3.35. The molecule has 0 saturated heterocycles. The molecule has 1 amide bonds. The monoisotopic (exact) mass is 370 g/mol. The number of hydrogen-bond donors (Lipinski definition) is 2. The maximum atomic E-state index is 12.5. The number of carbonyl (C=O) groups excluding carboxylic acids is 1. The zero-order valence-corrected chi connectivity index (χ0v) is 15.0. The first-order valence-corrected chi connectivity index (χ1v) is 8.75. The minimum absolute atomic E-state index is 0.0346. The fraction of sp³-hybridized carbons (Fsp3) is 0.0870. The van der Waals surface area contributed by atoms with E-state index in [-0.39, 0.29) is 6.42 Å². The fourth-order valence-electron chi connectivity index (χ4n) is 2.91. The molecule has 138 valence electrons. The Morgan fingerprint density at radius 2 is 1.50 bits per heavy atom. The van der Waals surface area contributed by atoms with Gasteiger partial charge in [0.1, 0.15) is 6.04 Å². The molecule has 0 aliphatic rings. The van der Waals surface area contributed by atoms with Crippen LogP contribution in [0.25, 0.3) is 11.1 Å². The average Bonchev–Trinajstić information content (AvgIpc) is 2.74. The summed E-state index contributed by atoms with van der Waals surface area (Å²) in [7, 11) is 0. The third kappa shape index (κ3) is 4.43. The Morgan fingerprint density at radius 3 is 2.14 bits per heavy atom. The van der Waals surface area contributed by atoms with Gasteiger partial charge in [-0.3, -0.25) is 4.79 Å². The molecular weight excluding hydrogens is 352 g/mol. The zero-order chi connectivity index (χ0) is 19.9. The Labute approximate surface area is 162 Å². The summed E-state index contributed by atoms with van der Waals surface area (Å²) in [5.74, 6) is -1.62. The molecule has 3 aromatic carbocycles. The Morgan fingerprint density at radius 1 is 0.893 bits per heavy atom. The molecule has 3 aromatic rings. The molecule has 3 rings (SSSR count). The number of carboxylic acids is 1.